The molecule has 0 aliphatic rings. The standard InChI is InChI=1S/C10H13F2NS/c1-14-5-4-13-7-8-2-3-9(11)6-10(8)12/h2-3,6,13H,4-5,7H2,1H3. The highest BCUT2D eigenvalue weighted by molar-refractivity contribution is 7.98. The van der Waals surface area contributed by atoms with Crippen molar-refractivity contribution in [1.82, 2.24) is 5.32 Å². The molecule has 0 heterocycles. The minimum absolute atomic E-state index is 0.451. The van der Waals surface area contributed by atoms with Gasteiger partial charge < -0.3 is 5.32 Å². The van der Waals surface area contributed by atoms with Crippen LogP contribution < -0.4 is 5.32 Å². The molecule has 0 atom stereocenters. The molecule has 14 heavy (non-hydrogen) atoms. The van der Waals surface area contributed by atoms with Crippen molar-refractivity contribution in [1.29, 1.82) is 0 Å². The lowest BCUT2D eigenvalue weighted by Crippen LogP contribution is -2.17. The lowest BCUT2D eigenvalue weighted by atomic mass is 10.2. The van der Waals surface area contributed by atoms with Crippen LogP contribution in [0.25, 0.3) is 0 Å². The molecule has 1 nitrogen and oxygen atoms in total. The van der Waals surface area contributed by atoms with E-state index in [1.54, 1.807) is 11.8 Å². The van der Waals surface area contributed by atoms with Crippen molar-refractivity contribution in [3.05, 3.63) is 35.4 Å². The first kappa shape index (κ1) is 11.5. The summed E-state index contributed by atoms with van der Waals surface area (Å²) in [6.07, 6.45) is 2.01. The number of rotatable bonds is 5. The van der Waals surface area contributed by atoms with E-state index in [1.165, 1.54) is 12.1 Å². The van der Waals surface area contributed by atoms with E-state index >= 15 is 0 Å². The number of hydrogen-bond donors (Lipinski definition) is 1. The predicted octanol–water partition coefficient (Wildman–Crippen LogP) is 2.42. The van der Waals surface area contributed by atoms with Crippen LogP contribution in [0.5, 0.6) is 0 Å². The molecule has 4 heteroatoms. The fourth-order valence-electron chi connectivity index (χ4n) is 1.06. The molecule has 0 aliphatic heterocycles. The second-order valence-corrected chi connectivity index (χ2v) is 3.89. The van der Waals surface area contributed by atoms with Crippen LogP contribution in [0.15, 0.2) is 18.2 Å². The molecular weight excluding hydrogens is 204 g/mol. The van der Waals surface area contributed by atoms with Gasteiger partial charge in [0.25, 0.3) is 0 Å². The monoisotopic (exact) mass is 217 g/mol. The Labute approximate surface area is 86.9 Å². The van der Waals surface area contributed by atoms with Gasteiger partial charge in [-0.2, -0.15) is 11.8 Å². The maximum Gasteiger partial charge on any atom is 0.130 e. The molecule has 1 aromatic rings. The predicted molar refractivity (Wildman–Crippen MR) is 56.4 cm³/mol. The fourth-order valence-corrected chi connectivity index (χ4v) is 1.41. The number of benzene rings is 1. The van der Waals surface area contributed by atoms with Gasteiger partial charge in [-0.05, 0) is 12.3 Å². The lowest BCUT2D eigenvalue weighted by Gasteiger charge is -2.04. The topological polar surface area (TPSA) is 12.0 Å². The number of thioether (sulfide) groups is 1. The zero-order valence-corrected chi connectivity index (χ0v) is 8.83. The van der Waals surface area contributed by atoms with E-state index in [1.807, 2.05) is 6.26 Å². The highest BCUT2D eigenvalue weighted by Gasteiger charge is 2.02. The molecule has 0 spiro atoms. The first-order valence-corrected chi connectivity index (χ1v) is 5.77. The highest BCUT2D eigenvalue weighted by atomic mass is 32.2. The summed E-state index contributed by atoms with van der Waals surface area (Å²) >= 11 is 1.73. The summed E-state index contributed by atoms with van der Waals surface area (Å²) in [4.78, 5) is 0. The Bertz CT molecular complexity index is 291. The first-order valence-electron chi connectivity index (χ1n) is 4.37. The Balaban J connectivity index is 2.42. The van der Waals surface area contributed by atoms with Crippen LogP contribution >= 0.6 is 11.8 Å². The fraction of sp³-hybridized carbons (Fsp3) is 0.400. The van der Waals surface area contributed by atoms with Crippen molar-refractivity contribution in [2.75, 3.05) is 18.6 Å². The summed E-state index contributed by atoms with van der Waals surface area (Å²) in [6, 6.07) is 3.65. The molecule has 0 aromatic heterocycles. The van der Waals surface area contributed by atoms with E-state index < -0.39 is 11.6 Å². The van der Waals surface area contributed by atoms with Crippen LogP contribution in [-0.4, -0.2) is 18.6 Å². The molecule has 0 aliphatic carbocycles. The Kier molecular flexibility index (Phi) is 4.90. The van der Waals surface area contributed by atoms with E-state index in [-0.39, 0.29) is 0 Å². The van der Waals surface area contributed by atoms with Crippen molar-refractivity contribution >= 4 is 11.8 Å². The maximum atomic E-state index is 13.1. The summed E-state index contributed by atoms with van der Waals surface area (Å²) in [6.45, 7) is 1.28. The van der Waals surface area contributed by atoms with Crippen LogP contribution in [0.1, 0.15) is 5.56 Å². The van der Waals surface area contributed by atoms with Gasteiger partial charge in [0.15, 0.2) is 0 Å². The third-order valence-electron chi connectivity index (χ3n) is 1.81. The minimum Gasteiger partial charge on any atom is -0.312 e. The van der Waals surface area contributed by atoms with Crippen molar-refractivity contribution in [2.45, 2.75) is 6.54 Å². The van der Waals surface area contributed by atoms with Gasteiger partial charge in [0.1, 0.15) is 11.6 Å². The summed E-state index contributed by atoms with van der Waals surface area (Å²) in [5.74, 6) is -0.0278. The van der Waals surface area contributed by atoms with Crippen molar-refractivity contribution in [2.24, 2.45) is 0 Å². The number of hydrogen-bond acceptors (Lipinski definition) is 2. The second kappa shape index (κ2) is 5.98. The quantitative estimate of drug-likeness (QED) is 0.760. The summed E-state index contributed by atoms with van der Waals surface area (Å²) in [5, 5.41) is 3.08. The smallest absolute Gasteiger partial charge is 0.130 e. The van der Waals surface area contributed by atoms with Crippen LogP contribution in [0, 0.1) is 11.6 Å². The molecule has 0 saturated heterocycles. The number of nitrogens with one attached hydrogen (secondary N) is 1. The molecule has 0 amide bonds. The molecule has 0 saturated carbocycles. The maximum absolute atomic E-state index is 13.1. The van der Waals surface area contributed by atoms with Crippen LogP contribution in [0.2, 0.25) is 0 Å². The van der Waals surface area contributed by atoms with E-state index in [9.17, 15) is 8.78 Å². The zero-order chi connectivity index (χ0) is 10.4. The molecule has 0 radical (unpaired) electrons. The van der Waals surface area contributed by atoms with Crippen molar-refractivity contribution < 1.29 is 8.78 Å². The summed E-state index contributed by atoms with van der Waals surface area (Å²) < 4.78 is 25.6. The van der Waals surface area contributed by atoms with Gasteiger partial charge in [0.2, 0.25) is 0 Å². The Morgan fingerprint density at radius 1 is 1.36 bits per heavy atom. The lowest BCUT2D eigenvalue weighted by molar-refractivity contribution is 0.563. The SMILES string of the molecule is CSCCNCc1ccc(F)cc1F. The average Bonchev–Trinajstić information content (AvgIpc) is 2.15. The van der Waals surface area contributed by atoms with E-state index in [0.717, 1.165) is 18.4 Å². The largest absolute Gasteiger partial charge is 0.312 e. The second-order valence-electron chi connectivity index (χ2n) is 2.91. The van der Waals surface area contributed by atoms with Crippen molar-refractivity contribution in [3.63, 3.8) is 0 Å². The van der Waals surface area contributed by atoms with Crippen LogP contribution in [0.4, 0.5) is 8.78 Å². The molecule has 1 N–H and O–H groups in total. The molecule has 1 aromatic carbocycles. The summed E-state index contributed by atoms with van der Waals surface area (Å²) in [7, 11) is 0. The van der Waals surface area contributed by atoms with Gasteiger partial charge in [-0.25, -0.2) is 8.78 Å². The molecule has 0 fully saturated rings. The Hall–Kier alpha value is -0.610. The zero-order valence-electron chi connectivity index (χ0n) is 8.02. The van der Waals surface area contributed by atoms with E-state index in [0.29, 0.717) is 12.1 Å². The normalized spacial score (nSPS) is 10.5. The van der Waals surface area contributed by atoms with Gasteiger partial charge in [0, 0.05) is 30.5 Å². The van der Waals surface area contributed by atoms with Gasteiger partial charge >= 0.3 is 0 Å². The molecular formula is C10H13F2NS. The van der Waals surface area contributed by atoms with Gasteiger partial charge in [-0.1, -0.05) is 6.07 Å². The van der Waals surface area contributed by atoms with Gasteiger partial charge in [-0.3, -0.25) is 0 Å². The average molecular weight is 217 g/mol. The van der Waals surface area contributed by atoms with Gasteiger partial charge in [-0.15, -0.1) is 0 Å². The van der Waals surface area contributed by atoms with Crippen LogP contribution in [-0.2, 0) is 6.54 Å². The number of halogens is 2. The molecule has 0 unspecified atom stereocenters. The Morgan fingerprint density at radius 3 is 2.79 bits per heavy atom. The van der Waals surface area contributed by atoms with Crippen molar-refractivity contribution in [3.8, 4) is 0 Å². The summed E-state index contributed by atoms with van der Waals surface area (Å²) in [5.41, 5.74) is 0.507. The molecule has 0 bridgehead atoms. The third-order valence-corrected chi connectivity index (χ3v) is 2.43. The first-order chi connectivity index (χ1) is 6.74. The highest BCUT2D eigenvalue weighted by Crippen LogP contribution is 2.08. The third kappa shape index (κ3) is 3.64. The van der Waals surface area contributed by atoms with Crippen LogP contribution in [0.3, 0.4) is 0 Å². The molecule has 1 rings (SSSR count). The van der Waals surface area contributed by atoms with E-state index in [2.05, 4.69) is 5.32 Å². The molecule has 78 valence electrons. The van der Waals surface area contributed by atoms with Gasteiger partial charge in [0.05, 0.1) is 0 Å². The Morgan fingerprint density at radius 2 is 2.14 bits per heavy atom. The van der Waals surface area contributed by atoms with E-state index in [4.69, 9.17) is 0 Å². The minimum atomic E-state index is -0.532.